The molecule has 1 aromatic rings. The largest absolute Gasteiger partial charge is 0.475 e. The van der Waals surface area contributed by atoms with Gasteiger partial charge in [0.25, 0.3) is 0 Å². The Morgan fingerprint density at radius 2 is 2.21 bits per heavy atom. The van der Waals surface area contributed by atoms with Gasteiger partial charge < -0.3 is 25.3 Å². The van der Waals surface area contributed by atoms with E-state index in [9.17, 15) is 4.79 Å². The van der Waals surface area contributed by atoms with Crippen molar-refractivity contribution in [1.82, 2.24) is 4.98 Å². The molecule has 106 valence electrons. The summed E-state index contributed by atoms with van der Waals surface area (Å²) in [4.78, 5) is 15.5. The van der Waals surface area contributed by atoms with E-state index >= 15 is 0 Å². The third-order valence-corrected chi connectivity index (χ3v) is 2.05. The van der Waals surface area contributed by atoms with Crippen LogP contribution >= 0.6 is 0 Å². The van der Waals surface area contributed by atoms with Crippen molar-refractivity contribution in [3.63, 3.8) is 0 Å². The molecule has 1 aromatic heterocycles. The van der Waals surface area contributed by atoms with Gasteiger partial charge in [-0.05, 0) is 6.07 Å². The summed E-state index contributed by atoms with van der Waals surface area (Å²) in [5.74, 6) is 0.234. The summed E-state index contributed by atoms with van der Waals surface area (Å²) >= 11 is 0. The molecule has 0 bridgehead atoms. The summed E-state index contributed by atoms with van der Waals surface area (Å²) < 4.78 is 15.2. The fourth-order valence-electron chi connectivity index (χ4n) is 1.21. The molecule has 0 aliphatic rings. The third kappa shape index (κ3) is 6.70. The smallest absolute Gasteiger partial charge is 0.250 e. The van der Waals surface area contributed by atoms with Crippen molar-refractivity contribution in [2.24, 2.45) is 5.73 Å². The van der Waals surface area contributed by atoms with Gasteiger partial charge in [0.05, 0.1) is 25.1 Å². The molecule has 0 aliphatic heterocycles. The van der Waals surface area contributed by atoms with Gasteiger partial charge in [0.2, 0.25) is 11.8 Å². The van der Waals surface area contributed by atoms with E-state index in [0.29, 0.717) is 37.9 Å². The number of hydrogen-bond acceptors (Lipinski definition) is 6. The van der Waals surface area contributed by atoms with Crippen LogP contribution < -0.4 is 15.8 Å². The highest BCUT2D eigenvalue weighted by Gasteiger charge is 2.03. The number of carbonyl (C=O) groups excluding carboxylic acids is 1. The zero-order valence-corrected chi connectivity index (χ0v) is 10.9. The van der Waals surface area contributed by atoms with Crippen LogP contribution in [0.3, 0.4) is 0 Å². The Morgan fingerprint density at radius 1 is 1.37 bits per heavy atom. The van der Waals surface area contributed by atoms with Crippen LogP contribution in [0.4, 0.5) is 5.69 Å². The second-order valence-electron chi connectivity index (χ2n) is 3.62. The molecular formula is C12H19N3O4. The van der Waals surface area contributed by atoms with Crippen molar-refractivity contribution < 1.29 is 19.0 Å². The third-order valence-electron chi connectivity index (χ3n) is 2.05. The maximum Gasteiger partial charge on any atom is 0.250 e. The van der Waals surface area contributed by atoms with Crippen LogP contribution in [0, 0.1) is 0 Å². The molecule has 1 heterocycles. The number of anilines is 1. The maximum absolute atomic E-state index is 11.4. The minimum absolute atomic E-state index is 0.0245. The Labute approximate surface area is 112 Å². The second kappa shape index (κ2) is 9.26. The Bertz CT molecular complexity index is 370. The molecule has 0 aromatic carbocycles. The van der Waals surface area contributed by atoms with Crippen molar-refractivity contribution in [2.75, 3.05) is 45.4 Å². The number of carbonyl (C=O) groups is 1. The van der Waals surface area contributed by atoms with Gasteiger partial charge >= 0.3 is 0 Å². The lowest BCUT2D eigenvalue weighted by molar-refractivity contribution is -0.120. The van der Waals surface area contributed by atoms with Gasteiger partial charge in [0, 0.05) is 19.7 Å². The van der Waals surface area contributed by atoms with E-state index in [1.54, 1.807) is 19.2 Å². The standard InChI is InChI=1S/C12H19N3O4/c1-17-6-7-19-12-3-2-10(8-14-12)15-11(16)9-18-5-4-13/h2-3,8H,4-7,9,13H2,1H3,(H,15,16). The monoisotopic (exact) mass is 269 g/mol. The van der Waals surface area contributed by atoms with Crippen molar-refractivity contribution >= 4 is 11.6 Å². The predicted octanol–water partition coefficient (Wildman–Crippen LogP) is 0.0206. The van der Waals surface area contributed by atoms with Gasteiger partial charge in [-0.25, -0.2) is 4.98 Å². The molecule has 1 rings (SSSR count). The summed E-state index contributed by atoms with van der Waals surface area (Å²) in [7, 11) is 1.60. The fourth-order valence-corrected chi connectivity index (χ4v) is 1.21. The number of methoxy groups -OCH3 is 1. The highest BCUT2D eigenvalue weighted by molar-refractivity contribution is 5.91. The molecule has 7 nitrogen and oxygen atoms in total. The minimum atomic E-state index is -0.247. The van der Waals surface area contributed by atoms with E-state index in [4.69, 9.17) is 19.9 Å². The molecule has 0 saturated carbocycles. The lowest BCUT2D eigenvalue weighted by Gasteiger charge is -2.07. The molecule has 0 spiro atoms. The second-order valence-corrected chi connectivity index (χ2v) is 3.62. The first-order valence-corrected chi connectivity index (χ1v) is 5.91. The molecule has 0 radical (unpaired) electrons. The first-order chi connectivity index (χ1) is 9.26. The fraction of sp³-hybridized carbons (Fsp3) is 0.500. The van der Waals surface area contributed by atoms with Gasteiger partial charge in [0.15, 0.2) is 0 Å². The van der Waals surface area contributed by atoms with Crippen LogP contribution in [0.15, 0.2) is 18.3 Å². The number of nitrogens with two attached hydrogens (primary N) is 1. The molecule has 0 unspecified atom stereocenters. The number of rotatable bonds is 9. The lowest BCUT2D eigenvalue weighted by atomic mass is 10.4. The SMILES string of the molecule is COCCOc1ccc(NC(=O)COCCN)cn1. The normalized spacial score (nSPS) is 10.2. The number of nitrogens with zero attached hydrogens (tertiary/aromatic N) is 1. The Balaban J connectivity index is 2.32. The summed E-state index contributed by atoms with van der Waals surface area (Å²) in [6.45, 7) is 1.66. The number of hydrogen-bond donors (Lipinski definition) is 2. The van der Waals surface area contributed by atoms with Gasteiger partial charge in [0.1, 0.15) is 13.2 Å². The molecule has 7 heteroatoms. The summed E-state index contributed by atoms with van der Waals surface area (Å²) in [5, 5.41) is 2.65. The first-order valence-electron chi connectivity index (χ1n) is 5.91. The van der Waals surface area contributed by atoms with Gasteiger partial charge in [-0.15, -0.1) is 0 Å². The number of ether oxygens (including phenoxy) is 3. The Kier molecular flexibility index (Phi) is 7.48. The molecule has 1 amide bonds. The Hall–Kier alpha value is -1.70. The van der Waals surface area contributed by atoms with Crippen molar-refractivity contribution in [3.8, 4) is 5.88 Å². The van der Waals surface area contributed by atoms with E-state index in [0.717, 1.165) is 0 Å². The topological polar surface area (TPSA) is 95.7 Å². The van der Waals surface area contributed by atoms with Gasteiger partial charge in [-0.3, -0.25) is 4.79 Å². The zero-order valence-electron chi connectivity index (χ0n) is 10.9. The van der Waals surface area contributed by atoms with E-state index < -0.39 is 0 Å². The van der Waals surface area contributed by atoms with Gasteiger partial charge in [-0.2, -0.15) is 0 Å². The van der Waals surface area contributed by atoms with Crippen LogP contribution in [0.25, 0.3) is 0 Å². The highest BCUT2D eigenvalue weighted by atomic mass is 16.5. The summed E-state index contributed by atoms with van der Waals surface area (Å²) in [5.41, 5.74) is 5.83. The number of aromatic nitrogens is 1. The van der Waals surface area contributed by atoms with E-state index in [2.05, 4.69) is 10.3 Å². The zero-order chi connectivity index (χ0) is 13.9. The quantitative estimate of drug-likeness (QED) is 0.614. The Morgan fingerprint density at radius 3 is 2.84 bits per heavy atom. The van der Waals surface area contributed by atoms with E-state index in [-0.39, 0.29) is 12.5 Å². The highest BCUT2D eigenvalue weighted by Crippen LogP contribution is 2.11. The number of pyridine rings is 1. The molecular weight excluding hydrogens is 250 g/mol. The molecule has 0 aliphatic carbocycles. The van der Waals surface area contributed by atoms with Crippen LogP contribution in [0.1, 0.15) is 0 Å². The van der Waals surface area contributed by atoms with E-state index in [1.165, 1.54) is 6.20 Å². The van der Waals surface area contributed by atoms with Crippen molar-refractivity contribution in [2.45, 2.75) is 0 Å². The van der Waals surface area contributed by atoms with E-state index in [1.807, 2.05) is 0 Å². The average Bonchev–Trinajstić information content (AvgIpc) is 2.41. The number of amides is 1. The maximum atomic E-state index is 11.4. The van der Waals surface area contributed by atoms with Crippen LogP contribution in [-0.2, 0) is 14.3 Å². The molecule has 0 saturated heterocycles. The van der Waals surface area contributed by atoms with Crippen molar-refractivity contribution in [1.29, 1.82) is 0 Å². The minimum Gasteiger partial charge on any atom is -0.475 e. The summed E-state index contributed by atoms with van der Waals surface area (Å²) in [6, 6.07) is 3.38. The molecule has 0 fully saturated rings. The molecule has 19 heavy (non-hydrogen) atoms. The van der Waals surface area contributed by atoms with Crippen LogP contribution in [0.2, 0.25) is 0 Å². The van der Waals surface area contributed by atoms with Crippen molar-refractivity contribution in [3.05, 3.63) is 18.3 Å². The lowest BCUT2D eigenvalue weighted by Crippen LogP contribution is -2.20. The predicted molar refractivity (Wildman–Crippen MR) is 70.1 cm³/mol. The van der Waals surface area contributed by atoms with Crippen LogP contribution in [-0.4, -0.2) is 51.0 Å². The average molecular weight is 269 g/mol. The summed E-state index contributed by atoms with van der Waals surface area (Å²) in [6.07, 6.45) is 1.52. The molecule has 3 N–H and O–H groups in total. The van der Waals surface area contributed by atoms with Crippen LogP contribution in [0.5, 0.6) is 5.88 Å². The first kappa shape index (κ1) is 15.4. The number of nitrogens with one attached hydrogen (secondary N) is 1. The van der Waals surface area contributed by atoms with Gasteiger partial charge in [-0.1, -0.05) is 0 Å². The molecule has 0 atom stereocenters.